The summed E-state index contributed by atoms with van der Waals surface area (Å²) in [5.41, 5.74) is 0.266. The molecule has 1 amide bonds. The Hall–Kier alpha value is -2.15. The lowest BCUT2D eigenvalue weighted by molar-refractivity contribution is -0.123. The first-order valence-corrected chi connectivity index (χ1v) is 15.4. The fourth-order valence-electron chi connectivity index (χ4n) is 4.92. The van der Waals surface area contributed by atoms with Crippen molar-refractivity contribution in [1.82, 2.24) is 14.2 Å². The molecule has 0 spiro atoms. The number of rotatable bonds is 8. The van der Waals surface area contributed by atoms with Crippen molar-refractivity contribution in [3.05, 3.63) is 53.3 Å². The van der Waals surface area contributed by atoms with Crippen molar-refractivity contribution in [2.75, 3.05) is 57.4 Å². The van der Waals surface area contributed by atoms with Crippen LogP contribution in [0.15, 0.2) is 47.4 Å². The lowest BCUT2D eigenvalue weighted by Gasteiger charge is -2.33. The van der Waals surface area contributed by atoms with E-state index in [4.69, 9.17) is 16.3 Å². The minimum Gasteiger partial charge on any atom is -0.379 e. The van der Waals surface area contributed by atoms with Gasteiger partial charge in [0, 0.05) is 50.2 Å². The van der Waals surface area contributed by atoms with Gasteiger partial charge in [0.25, 0.3) is 0 Å². The van der Waals surface area contributed by atoms with Gasteiger partial charge in [-0.3, -0.25) is 14.6 Å². The molecule has 0 saturated carbocycles. The van der Waals surface area contributed by atoms with Gasteiger partial charge in [-0.05, 0) is 55.7 Å². The summed E-state index contributed by atoms with van der Waals surface area (Å²) in [4.78, 5) is 22.5. The highest BCUT2D eigenvalue weighted by molar-refractivity contribution is 7.89. The third kappa shape index (κ3) is 6.03. The van der Waals surface area contributed by atoms with Crippen molar-refractivity contribution in [3.8, 4) is 0 Å². The number of ether oxygens (including phenoxy) is 1. The minimum absolute atomic E-state index is 0.0880. The van der Waals surface area contributed by atoms with Crippen LogP contribution in [0, 0.1) is 11.7 Å². The molecule has 1 aromatic heterocycles. The number of thiazole rings is 1. The van der Waals surface area contributed by atoms with Crippen LogP contribution in [0.5, 0.6) is 0 Å². The molecule has 12 heteroatoms. The van der Waals surface area contributed by atoms with Crippen LogP contribution in [0.1, 0.15) is 19.3 Å². The highest BCUT2D eigenvalue weighted by Crippen LogP contribution is 2.33. The lowest BCUT2D eigenvalue weighted by atomic mass is 9.96. The number of anilines is 1. The fourth-order valence-corrected chi connectivity index (χ4v) is 7.52. The van der Waals surface area contributed by atoms with E-state index in [0.29, 0.717) is 47.5 Å². The van der Waals surface area contributed by atoms with E-state index in [1.165, 1.54) is 33.8 Å². The van der Waals surface area contributed by atoms with Gasteiger partial charge in [-0.25, -0.2) is 17.8 Å². The van der Waals surface area contributed by atoms with Crippen LogP contribution >= 0.6 is 22.9 Å². The average Bonchev–Trinajstić information content (AvgIpc) is 3.37. The molecule has 204 valence electrons. The van der Waals surface area contributed by atoms with Crippen molar-refractivity contribution in [1.29, 1.82) is 0 Å². The summed E-state index contributed by atoms with van der Waals surface area (Å²) >= 11 is 7.22. The first-order chi connectivity index (χ1) is 18.3. The number of carbonyl (C=O) groups excluding carboxylic acids is 1. The topological polar surface area (TPSA) is 83.1 Å². The Bertz CT molecular complexity index is 1370. The van der Waals surface area contributed by atoms with E-state index in [9.17, 15) is 17.6 Å². The average molecular weight is 581 g/mol. The van der Waals surface area contributed by atoms with Crippen LogP contribution in [0.3, 0.4) is 0 Å². The molecule has 0 atom stereocenters. The molecule has 2 saturated heterocycles. The van der Waals surface area contributed by atoms with Gasteiger partial charge < -0.3 is 4.74 Å². The SMILES string of the molecule is O=C(C1CCN(S(=O)(=O)c2ccc(Cl)cc2)CC1)N(CCCN1CCOCC1)c1nc2c(F)cccc2s1. The van der Waals surface area contributed by atoms with E-state index < -0.39 is 15.8 Å². The van der Waals surface area contributed by atoms with Crippen LogP contribution < -0.4 is 4.90 Å². The molecule has 2 aromatic carbocycles. The summed E-state index contributed by atoms with van der Waals surface area (Å²) in [6.45, 7) is 4.91. The molecule has 2 aliphatic heterocycles. The summed E-state index contributed by atoms with van der Waals surface area (Å²) in [5, 5.41) is 0.949. The van der Waals surface area contributed by atoms with E-state index >= 15 is 0 Å². The van der Waals surface area contributed by atoms with Crippen molar-refractivity contribution in [3.63, 3.8) is 0 Å². The van der Waals surface area contributed by atoms with Crippen LogP contribution in [-0.2, 0) is 19.6 Å². The number of sulfonamides is 1. The molecule has 0 unspecified atom stereocenters. The summed E-state index contributed by atoms with van der Waals surface area (Å²) in [6.07, 6.45) is 1.56. The van der Waals surface area contributed by atoms with Gasteiger partial charge in [0.1, 0.15) is 11.3 Å². The normalized spacial score (nSPS) is 18.2. The maximum atomic E-state index is 14.4. The monoisotopic (exact) mass is 580 g/mol. The molecule has 0 radical (unpaired) electrons. The smallest absolute Gasteiger partial charge is 0.243 e. The van der Waals surface area contributed by atoms with Crippen molar-refractivity contribution in [2.45, 2.75) is 24.2 Å². The molecule has 0 N–H and O–H groups in total. The molecule has 5 rings (SSSR count). The Morgan fingerprint density at radius 1 is 1.11 bits per heavy atom. The van der Waals surface area contributed by atoms with Gasteiger partial charge in [0.2, 0.25) is 15.9 Å². The van der Waals surface area contributed by atoms with Crippen molar-refractivity contribution >= 4 is 54.2 Å². The van der Waals surface area contributed by atoms with Crippen LogP contribution in [0.25, 0.3) is 10.2 Å². The quantitative estimate of drug-likeness (QED) is 0.396. The Morgan fingerprint density at radius 3 is 2.50 bits per heavy atom. The third-order valence-electron chi connectivity index (χ3n) is 7.07. The van der Waals surface area contributed by atoms with Crippen molar-refractivity contribution in [2.24, 2.45) is 5.92 Å². The Balaban J connectivity index is 1.29. The summed E-state index contributed by atoms with van der Waals surface area (Å²) in [6, 6.07) is 10.9. The Labute approximate surface area is 231 Å². The highest BCUT2D eigenvalue weighted by atomic mass is 35.5. The Kier molecular flexibility index (Phi) is 8.61. The van der Waals surface area contributed by atoms with E-state index in [-0.39, 0.29) is 35.3 Å². The second-order valence-corrected chi connectivity index (χ2v) is 12.9. The number of benzene rings is 2. The van der Waals surface area contributed by atoms with E-state index in [1.54, 1.807) is 29.2 Å². The van der Waals surface area contributed by atoms with Gasteiger partial charge in [-0.15, -0.1) is 0 Å². The number of fused-ring (bicyclic) bond motifs is 1. The second kappa shape index (κ2) is 11.9. The first kappa shape index (κ1) is 27.4. The van der Waals surface area contributed by atoms with Crippen LogP contribution in [0.2, 0.25) is 5.02 Å². The van der Waals surface area contributed by atoms with E-state index in [1.807, 2.05) is 0 Å². The number of hydrogen-bond donors (Lipinski definition) is 0. The zero-order chi connectivity index (χ0) is 26.7. The Morgan fingerprint density at radius 2 is 1.82 bits per heavy atom. The number of amides is 1. The van der Waals surface area contributed by atoms with Crippen LogP contribution in [-0.4, -0.2) is 81.0 Å². The molecule has 8 nitrogen and oxygen atoms in total. The van der Waals surface area contributed by atoms with Gasteiger partial charge in [0.05, 0.1) is 22.8 Å². The van der Waals surface area contributed by atoms with Gasteiger partial charge in [-0.1, -0.05) is 29.0 Å². The predicted molar refractivity (Wildman–Crippen MR) is 147 cm³/mol. The number of hydrogen-bond acceptors (Lipinski definition) is 7. The van der Waals surface area contributed by atoms with Gasteiger partial charge in [0.15, 0.2) is 5.13 Å². The molecular formula is C26H30ClFN4O4S2. The molecule has 0 bridgehead atoms. The van der Waals surface area contributed by atoms with E-state index in [0.717, 1.165) is 26.1 Å². The standard InChI is InChI=1S/C26H30ClFN4O4S2/c27-20-5-7-21(8-6-20)38(34,35)31-13-9-19(10-14-31)25(33)32(12-2-11-30-15-17-36-18-16-30)26-29-24-22(28)3-1-4-23(24)37-26/h1,3-8,19H,2,9-18H2. The number of nitrogens with zero attached hydrogens (tertiary/aromatic N) is 4. The number of morpholine rings is 1. The maximum Gasteiger partial charge on any atom is 0.243 e. The maximum absolute atomic E-state index is 14.4. The summed E-state index contributed by atoms with van der Waals surface area (Å²) in [5.74, 6) is -0.840. The number of piperidine rings is 1. The lowest BCUT2D eigenvalue weighted by Crippen LogP contribution is -2.45. The molecule has 3 heterocycles. The third-order valence-corrected chi connectivity index (χ3v) is 10.3. The second-order valence-electron chi connectivity index (χ2n) is 9.51. The number of carbonyl (C=O) groups is 1. The molecular weight excluding hydrogens is 551 g/mol. The van der Waals surface area contributed by atoms with E-state index in [2.05, 4.69) is 9.88 Å². The predicted octanol–water partition coefficient (Wildman–Crippen LogP) is 4.25. The zero-order valence-corrected chi connectivity index (χ0v) is 23.3. The minimum atomic E-state index is -3.67. The number of halogens is 2. The first-order valence-electron chi connectivity index (χ1n) is 12.8. The zero-order valence-electron chi connectivity index (χ0n) is 20.9. The number of aromatic nitrogens is 1. The molecule has 38 heavy (non-hydrogen) atoms. The fraction of sp³-hybridized carbons (Fsp3) is 0.462. The molecule has 2 aliphatic rings. The molecule has 3 aromatic rings. The molecule has 0 aliphatic carbocycles. The number of para-hydroxylation sites is 1. The summed E-state index contributed by atoms with van der Waals surface area (Å²) < 4.78 is 48.1. The molecule has 2 fully saturated rings. The summed E-state index contributed by atoms with van der Waals surface area (Å²) in [7, 11) is -3.67. The van der Waals surface area contributed by atoms with Gasteiger partial charge >= 0.3 is 0 Å². The van der Waals surface area contributed by atoms with Crippen LogP contribution in [0.4, 0.5) is 9.52 Å². The highest BCUT2D eigenvalue weighted by Gasteiger charge is 2.35. The van der Waals surface area contributed by atoms with Crippen molar-refractivity contribution < 1.29 is 22.3 Å². The van der Waals surface area contributed by atoms with Gasteiger partial charge in [-0.2, -0.15) is 4.31 Å². The largest absolute Gasteiger partial charge is 0.379 e.